The number of carbonyl (C=O) groups is 2. The summed E-state index contributed by atoms with van der Waals surface area (Å²) in [6.07, 6.45) is 3.09. The van der Waals surface area contributed by atoms with Crippen LogP contribution in [-0.4, -0.2) is 21.5 Å². The van der Waals surface area contributed by atoms with E-state index < -0.39 is 17.7 Å². The maximum absolute atomic E-state index is 14.1. The maximum atomic E-state index is 14.1. The van der Waals surface area contributed by atoms with Gasteiger partial charge < -0.3 is 10.6 Å². The molecule has 0 spiro atoms. The standard InChI is InChI=1S/C25H22F2N4O2/c1-13-6-8-16(10-14(13)2)29-25(33)17-12-28-31-23(15-7-9-18(26)19(27)11-15)22-20(30-24(17)31)4-3-5-21(22)32/h6-12,23,30H,3-5H2,1-2H3,(H,29,33). The molecule has 1 unspecified atom stereocenters. The summed E-state index contributed by atoms with van der Waals surface area (Å²) in [6.45, 7) is 3.96. The van der Waals surface area contributed by atoms with E-state index in [0.29, 0.717) is 53.2 Å². The first-order valence-corrected chi connectivity index (χ1v) is 10.8. The second kappa shape index (κ2) is 7.95. The monoisotopic (exact) mass is 448 g/mol. The normalized spacial score (nSPS) is 17.3. The number of hydrogen-bond acceptors (Lipinski definition) is 4. The number of Topliss-reactive ketones (excluding diaryl/α,β-unsaturated/α-hetero) is 1. The van der Waals surface area contributed by atoms with Crippen LogP contribution >= 0.6 is 0 Å². The summed E-state index contributed by atoms with van der Waals surface area (Å²) in [5, 5.41) is 10.5. The molecule has 1 aliphatic carbocycles. The molecule has 168 valence electrons. The van der Waals surface area contributed by atoms with Crippen molar-refractivity contribution in [1.82, 2.24) is 9.78 Å². The third-order valence-electron chi connectivity index (χ3n) is 6.31. The molecule has 1 amide bonds. The van der Waals surface area contributed by atoms with Gasteiger partial charge in [0.1, 0.15) is 17.4 Å². The van der Waals surface area contributed by atoms with Gasteiger partial charge in [-0.1, -0.05) is 12.1 Å². The molecule has 1 aliphatic heterocycles. The van der Waals surface area contributed by atoms with Crippen LogP contribution in [-0.2, 0) is 4.79 Å². The minimum atomic E-state index is -1.00. The number of amides is 1. The zero-order valence-corrected chi connectivity index (χ0v) is 18.2. The van der Waals surface area contributed by atoms with Gasteiger partial charge in [0.2, 0.25) is 0 Å². The van der Waals surface area contributed by atoms with Crippen molar-refractivity contribution in [2.75, 3.05) is 10.6 Å². The number of anilines is 2. The maximum Gasteiger partial charge on any atom is 0.261 e. The Balaban J connectivity index is 1.57. The fraction of sp³-hybridized carbons (Fsp3) is 0.240. The second-order valence-corrected chi connectivity index (χ2v) is 8.47. The Hall–Kier alpha value is -3.81. The van der Waals surface area contributed by atoms with Crippen molar-refractivity contribution in [2.45, 2.75) is 39.2 Å². The fourth-order valence-corrected chi connectivity index (χ4v) is 4.43. The van der Waals surface area contributed by atoms with Gasteiger partial charge in [-0.15, -0.1) is 0 Å². The molecule has 3 aromatic rings. The highest BCUT2D eigenvalue weighted by Gasteiger charge is 2.37. The summed E-state index contributed by atoms with van der Waals surface area (Å²) < 4.78 is 29.2. The lowest BCUT2D eigenvalue weighted by Gasteiger charge is -2.33. The van der Waals surface area contributed by atoms with E-state index in [0.717, 1.165) is 23.3 Å². The number of ketones is 1. The lowest BCUT2D eigenvalue weighted by Crippen LogP contribution is -2.32. The molecular formula is C25H22F2N4O2. The van der Waals surface area contributed by atoms with Gasteiger partial charge in [-0.2, -0.15) is 5.10 Å². The smallest absolute Gasteiger partial charge is 0.261 e. The van der Waals surface area contributed by atoms with E-state index in [1.54, 1.807) is 0 Å². The third-order valence-corrected chi connectivity index (χ3v) is 6.31. The highest BCUT2D eigenvalue weighted by molar-refractivity contribution is 6.08. The number of halogens is 2. The summed E-state index contributed by atoms with van der Waals surface area (Å²) in [5.41, 5.74) is 4.68. The summed E-state index contributed by atoms with van der Waals surface area (Å²) in [5.74, 6) is -1.98. The van der Waals surface area contributed by atoms with Crippen LogP contribution in [0.25, 0.3) is 0 Å². The molecule has 5 rings (SSSR count). The average Bonchev–Trinajstić information content (AvgIpc) is 3.21. The van der Waals surface area contributed by atoms with Gasteiger partial charge >= 0.3 is 0 Å². The molecule has 0 fully saturated rings. The predicted octanol–water partition coefficient (Wildman–Crippen LogP) is 5.05. The molecule has 0 bridgehead atoms. The van der Waals surface area contributed by atoms with Crippen LogP contribution in [0.15, 0.2) is 53.9 Å². The van der Waals surface area contributed by atoms with Gasteiger partial charge in [-0.25, -0.2) is 13.5 Å². The van der Waals surface area contributed by atoms with E-state index in [-0.39, 0.29) is 11.7 Å². The molecule has 6 nitrogen and oxygen atoms in total. The Labute approximate surface area is 189 Å². The Morgan fingerprint density at radius 2 is 1.91 bits per heavy atom. The molecule has 2 aliphatic rings. The number of benzene rings is 2. The molecule has 8 heteroatoms. The van der Waals surface area contributed by atoms with Crippen molar-refractivity contribution in [2.24, 2.45) is 0 Å². The lowest BCUT2D eigenvalue weighted by atomic mass is 9.85. The van der Waals surface area contributed by atoms with Crippen molar-refractivity contribution in [3.63, 3.8) is 0 Å². The molecule has 1 aromatic heterocycles. The SMILES string of the molecule is Cc1ccc(NC(=O)c2cnn3c2NC2=C(C(=O)CCC2)C3c2ccc(F)c(F)c2)cc1C. The molecule has 0 saturated heterocycles. The van der Waals surface area contributed by atoms with Crippen molar-refractivity contribution in [1.29, 1.82) is 0 Å². The highest BCUT2D eigenvalue weighted by Crippen LogP contribution is 2.41. The number of hydrogen-bond donors (Lipinski definition) is 2. The topological polar surface area (TPSA) is 76.0 Å². The largest absolute Gasteiger partial charge is 0.343 e. The van der Waals surface area contributed by atoms with Crippen LogP contribution in [0.4, 0.5) is 20.3 Å². The first-order valence-electron chi connectivity index (χ1n) is 10.8. The number of aromatic nitrogens is 2. The van der Waals surface area contributed by atoms with Crippen molar-refractivity contribution >= 4 is 23.2 Å². The van der Waals surface area contributed by atoms with Gasteiger partial charge in [0.05, 0.1) is 6.20 Å². The minimum absolute atomic E-state index is 0.0687. The zero-order chi connectivity index (χ0) is 23.3. The second-order valence-electron chi connectivity index (χ2n) is 8.47. The van der Waals surface area contributed by atoms with Gasteiger partial charge in [0, 0.05) is 23.4 Å². The third kappa shape index (κ3) is 3.61. The number of nitrogens with zero attached hydrogens (tertiary/aromatic N) is 2. The van der Waals surface area contributed by atoms with Gasteiger partial charge in [0.15, 0.2) is 17.4 Å². The number of aryl methyl sites for hydroxylation is 2. The molecule has 2 N–H and O–H groups in total. The summed E-state index contributed by atoms with van der Waals surface area (Å²) in [6, 6.07) is 8.47. The van der Waals surface area contributed by atoms with E-state index in [4.69, 9.17) is 0 Å². The first-order chi connectivity index (χ1) is 15.8. The van der Waals surface area contributed by atoms with Crippen LogP contribution < -0.4 is 10.6 Å². The number of rotatable bonds is 3. The number of carbonyl (C=O) groups excluding carboxylic acids is 2. The van der Waals surface area contributed by atoms with Crippen LogP contribution in [0.1, 0.15) is 52.4 Å². The van der Waals surface area contributed by atoms with Crippen molar-refractivity contribution in [3.8, 4) is 0 Å². The van der Waals surface area contributed by atoms with Crippen LogP contribution in [0.2, 0.25) is 0 Å². The van der Waals surface area contributed by atoms with Gasteiger partial charge in [-0.3, -0.25) is 9.59 Å². The molecule has 1 atom stereocenters. The number of fused-ring (bicyclic) bond motifs is 1. The van der Waals surface area contributed by atoms with E-state index >= 15 is 0 Å². The molecule has 0 saturated carbocycles. The van der Waals surface area contributed by atoms with Crippen molar-refractivity contribution in [3.05, 3.63) is 87.8 Å². The average molecular weight is 448 g/mol. The Kier molecular flexibility index (Phi) is 5.08. The van der Waals surface area contributed by atoms with Gasteiger partial charge in [-0.05, 0) is 67.6 Å². The van der Waals surface area contributed by atoms with E-state index in [1.807, 2.05) is 32.0 Å². The van der Waals surface area contributed by atoms with Crippen molar-refractivity contribution < 1.29 is 18.4 Å². The summed E-state index contributed by atoms with van der Waals surface area (Å²) in [7, 11) is 0. The van der Waals surface area contributed by atoms with Crippen LogP contribution in [0.5, 0.6) is 0 Å². The van der Waals surface area contributed by atoms with Crippen LogP contribution in [0, 0.1) is 25.5 Å². The van der Waals surface area contributed by atoms with E-state index in [2.05, 4.69) is 15.7 Å². The quantitative estimate of drug-likeness (QED) is 0.588. The minimum Gasteiger partial charge on any atom is -0.343 e. The van der Waals surface area contributed by atoms with E-state index in [9.17, 15) is 18.4 Å². The number of nitrogens with one attached hydrogen (secondary N) is 2. The molecule has 2 aromatic carbocycles. The molecule has 0 radical (unpaired) electrons. The predicted molar refractivity (Wildman–Crippen MR) is 120 cm³/mol. The lowest BCUT2D eigenvalue weighted by molar-refractivity contribution is -0.116. The Bertz CT molecular complexity index is 1340. The fourth-order valence-electron chi connectivity index (χ4n) is 4.43. The summed E-state index contributed by atoms with van der Waals surface area (Å²) >= 11 is 0. The summed E-state index contributed by atoms with van der Waals surface area (Å²) in [4.78, 5) is 25.9. The van der Waals surface area contributed by atoms with Gasteiger partial charge in [0.25, 0.3) is 5.91 Å². The van der Waals surface area contributed by atoms with E-state index in [1.165, 1.54) is 16.9 Å². The zero-order valence-electron chi connectivity index (χ0n) is 18.2. The Morgan fingerprint density at radius 1 is 1.09 bits per heavy atom. The molecule has 33 heavy (non-hydrogen) atoms. The highest BCUT2D eigenvalue weighted by atomic mass is 19.2. The van der Waals surface area contributed by atoms with Crippen LogP contribution in [0.3, 0.4) is 0 Å². The molecular weight excluding hydrogens is 426 g/mol. The Morgan fingerprint density at radius 3 is 2.67 bits per heavy atom. The molecule has 2 heterocycles. The first kappa shape index (κ1) is 21.1. The number of allylic oxidation sites excluding steroid dienone is 2.